The van der Waals surface area contributed by atoms with Gasteiger partial charge in [0.1, 0.15) is 5.82 Å². The Hall–Kier alpha value is -2.05. The summed E-state index contributed by atoms with van der Waals surface area (Å²) in [7, 11) is 0. The summed E-state index contributed by atoms with van der Waals surface area (Å²) in [4.78, 5) is 30.7. The highest BCUT2D eigenvalue weighted by atomic mass is 16.2. The van der Waals surface area contributed by atoms with Gasteiger partial charge in [0.2, 0.25) is 11.9 Å². The number of likely N-dealkylation sites (tertiary alicyclic amines) is 1. The zero-order chi connectivity index (χ0) is 13.1. The van der Waals surface area contributed by atoms with Gasteiger partial charge >= 0.3 is 0 Å². The maximum Gasteiger partial charge on any atom is 0.254 e. The number of amides is 1. The fourth-order valence-electron chi connectivity index (χ4n) is 2.14. The van der Waals surface area contributed by atoms with Crippen molar-refractivity contribution >= 4 is 17.7 Å². The first-order chi connectivity index (χ1) is 8.54. The van der Waals surface area contributed by atoms with Crippen molar-refractivity contribution in [3.63, 3.8) is 0 Å². The maximum absolute atomic E-state index is 11.3. The molecule has 4 N–H and O–H groups in total. The quantitative estimate of drug-likeness (QED) is 0.673. The number of aromatic nitrogens is 2. The highest BCUT2D eigenvalue weighted by Gasteiger charge is 2.21. The summed E-state index contributed by atoms with van der Waals surface area (Å²) >= 11 is 0. The molecule has 0 radical (unpaired) electrons. The molecule has 98 valence electrons. The lowest BCUT2D eigenvalue weighted by Crippen LogP contribution is -2.44. The van der Waals surface area contributed by atoms with Crippen molar-refractivity contribution in [1.82, 2.24) is 14.9 Å². The number of nitrogen functional groups attached to an aromatic ring is 1. The number of aromatic amines is 1. The Morgan fingerprint density at radius 3 is 3.11 bits per heavy atom. The van der Waals surface area contributed by atoms with Crippen LogP contribution in [0.2, 0.25) is 0 Å². The van der Waals surface area contributed by atoms with Gasteiger partial charge in [0.05, 0.1) is 0 Å². The standard InChI is InChI=1S/C11H17N5O2/c1-7(17)16-4-2-3-8(6-16)13-9-5-10(18)15-11(12)14-9/h5,8H,2-4,6H2,1H3,(H4,12,13,14,15,18). The maximum atomic E-state index is 11.3. The molecule has 1 aromatic rings. The van der Waals surface area contributed by atoms with Crippen LogP contribution in [0.5, 0.6) is 0 Å². The largest absolute Gasteiger partial charge is 0.369 e. The fourth-order valence-corrected chi connectivity index (χ4v) is 2.14. The number of rotatable bonds is 2. The van der Waals surface area contributed by atoms with Gasteiger partial charge in [0, 0.05) is 32.1 Å². The number of piperidine rings is 1. The Morgan fingerprint density at radius 1 is 1.67 bits per heavy atom. The van der Waals surface area contributed by atoms with Crippen molar-refractivity contribution in [2.75, 3.05) is 24.1 Å². The Labute approximate surface area is 104 Å². The molecular weight excluding hydrogens is 234 g/mol. The van der Waals surface area contributed by atoms with Crippen LogP contribution in [-0.4, -0.2) is 39.9 Å². The van der Waals surface area contributed by atoms with Gasteiger partial charge in [-0.05, 0) is 12.8 Å². The van der Waals surface area contributed by atoms with Gasteiger partial charge < -0.3 is 16.0 Å². The lowest BCUT2D eigenvalue weighted by molar-refractivity contribution is -0.129. The number of nitrogens with two attached hydrogens (primary N) is 1. The van der Waals surface area contributed by atoms with Crippen LogP contribution in [0.15, 0.2) is 10.9 Å². The second-order valence-electron chi connectivity index (χ2n) is 4.46. The van der Waals surface area contributed by atoms with E-state index in [0.29, 0.717) is 12.4 Å². The number of anilines is 2. The van der Waals surface area contributed by atoms with E-state index < -0.39 is 0 Å². The van der Waals surface area contributed by atoms with E-state index in [2.05, 4.69) is 15.3 Å². The summed E-state index contributed by atoms with van der Waals surface area (Å²) in [5.41, 5.74) is 5.18. The van der Waals surface area contributed by atoms with Gasteiger partial charge in [-0.1, -0.05) is 0 Å². The number of hydrogen-bond acceptors (Lipinski definition) is 5. The molecule has 1 aliphatic rings. The molecule has 7 nitrogen and oxygen atoms in total. The van der Waals surface area contributed by atoms with Crippen LogP contribution in [-0.2, 0) is 4.79 Å². The van der Waals surface area contributed by atoms with Crippen molar-refractivity contribution in [2.45, 2.75) is 25.8 Å². The molecule has 1 unspecified atom stereocenters. The number of carbonyl (C=O) groups is 1. The molecule has 0 spiro atoms. The van der Waals surface area contributed by atoms with E-state index in [1.807, 2.05) is 0 Å². The lowest BCUT2D eigenvalue weighted by atomic mass is 10.1. The Morgan fingerprint density at radius 2 is 2.44 bits per heavy atom. The van der Waals surface area contributed by atoms with Crippen LogP contribution < -0.4 is 16.6 Å². The Bertz CT molecular complexity index is 498. The average Bonchev–Trinajstić information content (AvgIpc) is 2.27. The predicted molar refractivity (Wildman–Crippen MR) is 68.2 cm³/mol. The number of carbonyl (C=O) groups excluding carboxylic acids is 1. The summed E-state index contributed by atoms with van der Waals surface area (Å²) in [5, 5.41) is 3.14. The topological polar surface area (TPSA) is 104 Å². The zero-order valence-electron chi connectivity index (χ0n) is 10.3. The number of H-pyrrole nitrogens is 1. The highest BCUT2D eigenvalue weighted by molar-refractivity contribution is 5.73. The molecule has 1 amide bonds. The monoisotopic (exact) mass is 251 g/mol. The fraction of sp³-hybridized carbons (Fsp3) is 0.545. The lowest BCUT2D eigenvalue weighted by Gasteiger charge is -2.32. The smallest absolute Gasteiger partial charge is 0.254 e. The van der Waals surface area contributed by atoms with Crippen LogP contribution >= 0.6 is 0 Å². The van der Waals surface area contributed by atoms with Crippen LogP contribution in [0.1, 0.15) is 19.8 Å². The van der Waals surface area contributed by atoms with E-state index in [0.717, 1.165) is 19.4 Å². The van der Waals surface area contributed by atoms with Crippen molar-refractivity contribution in [3.8, 4) is 0 Å². The second-order valence-corrected chi connectivity index (χ2v) is 4.46. The third kappa shape index (κ3) is 2.99. The molecule has 1 fully saturated rings. The molecule has 1 aromatic heterocycles. The second kappa shape index (κ2) is 5.07. The Balaban J connectivity index is 2.04. The Kier molecular flexibility index (Phi) is 3.50. The van der Waals surface area contributed by atoms with Gasteiger partial charge in [0.15, 0.2) is 0 Å². The minimum absolute atomic E-state index is 0.0693. The summed E-state index contributed by atoms with van der Waals surface area (Å²) in [6, 6.07) is 1.47. The van der Waals surface area contributed by atoms with E-state index in [1.54, 1.807) is 11.8 Å². The summed E-state index contributed by atoms with van der Waals surface area (Å²) < 4.78 is 0. The van der Waals surface area contributed by atoms with Crippen molar-refractivity contribution in [3.05, 3.63) is 16.4 Å². The molecule has 1 aliphatic heterocycles. The first-order valence-corrected chi connectivity index (χ1v) is 5.93. The van der Waals surface area contributed by atoms with E-state index >= 15 is 0 Å². The normalized spacial score (nSPS) is 19.6. The zero-order valence-corrected chi connectivity index (χ0v) is 10.3. The number of nitrogens with zero attached hydrogens (tertiary/aromatic N) is 2. The van der Waals surface area contributed by atoms with Gasteiger partial charge in [-0.15, -0.1) is 0 Å². The van der Waals surface area contributed by atoms with Gasteiger partial charge in [-0.25, -0.2) is 0 Å². The molecule has 2 rings (SSSR count). The van der Waals surface area contributed by atoms with Crippen LogP contribution in [0, 0.1) is 0 Å². The first-order valence-electron chi connectivity index (χ1n) is 5.93. The first kappa shape index (κ1) is 12.4. The molecule has 0 saturated carbocycles. The predicted octanol–water partition coefficient (Wildman–Crippen LogP) is -0.225. The molecule has 0 aromatic carbocycles. The van der Waals surface area contributed by atoms with E-state index in [9.17, 15) is 9.59 Å². The summed E-state index contributed by atoms with van der Waals surface area (Å²) in [5.74, 6) is 0.607. The minimum atomic E-state index is -0.288. The van der Waals surface area contributed by atoms with Gasteiger partial charge in [-0.3, -0.25) is 14.6 Å². The molecular formula is C11H17N5O2. The van der Waals surface area contributed by atoms with Gasteiger partial charge in [-0.2, -0.15) is 4.98 Å². The average molecular weight is 251 g/mol. The van der Waals surface area contributed by atoms with Crippen LogP contribution in [0.3, 0.4) is 0 Å². The molecule has 18 heavy (non-hydrogen) atoms. The van der Waals surface area contributed by atoms with Crippen LogP contribution in [0.25, 0.3) is 0 Å². The van der Waals surface area contributed by atoms with Crippen molar-refractivity contribution in [2.24, 2.45) is 0 Å². The summed E-state index contributed by atoms with van der Waals surface area (Å²) in [6.45, 7) is 2.98. The van der Waals surface area contributed by atoms with E-state index in [4.69, 9.17) is 5.73 Å². The van der Waals surface area contributed by atoms with Crippen LogP contribution in [0.4, 0.5) is 11.8 Å². The van der Waals surface area contributed by atoms with Gasteiger partial charge in [0.25, 0.3) is 5.56 Å². The molecule has 0 bridgehead atoms. The molecule has 2 heterocycles. The third-order valence-corrected chi connectivity index (χ3v) is 2.98. The minimum Gasteiger partial charge on any atom is -0.369 e. The molecule has 0 aliphatic carbocycles. The third-order valence-electron chi connectivity index (χ3n) is 2.98. The highest BCUT2D eigenvalue weighted by Crippen LogP contribution is 2.14. The number of nitrogens with one attached hydrogen (secondary N) is 2. The number of hydrogen-bond donors (Lipinski definition) is 3. The molecule has 1 saturated heterocycles. The molecule has 7 heteroatoms. The van der Waals surface area contributed by atoms with E-state index in [1.165, 1.54) is 6.07 Å². The van der Waals surface area contributed by atoms with E-state index in [-0.39, 0.29) is 23.5 Å². The SMILES string of the molecule is CC(=O)N1CCCC(Nc2cc(=O)[nH]c(N)n2)C1. The molecule has 1 atom stereocenters. The van der Waals surface area contributed by atoms with Crippen molar-refractivity contribution in [1.29, 1.82) is 0 Å². The van der Waals surface area contributed by atoms with Crippen molar-refractivity contribution < 1.29 is 4.79 Å². The summed E-state index contributed by atoms with van der Waals surface area (Å²) in [6.07, 6.45) is 1.88.